The fourth-order valence-corrected chi connectivity index (χ4v) is 6.32. The monoisotopic (exact) mass is 587 g/mol. The van der Waals surface area contributed by atoms with Gasteiger partial charge in [0.25, 0.3) is 0 Å². The molecule has 0 bridgehead atoms. The quantitative estimate of drug-likeness (QED) is 0.318. The zero-order chi connectivity index (χ0) is 21.5. The minimum atomic E-state index is -0.198. The third-order valence-electron chi connectivity index (χ3n) is 6.11. The first kappa shape index (κ1) is 21.0. The Hall–Kier alpha value is -1.86. The van der Waals surface area contributed by atoms with Crippen molar-refractivity contribution in [2.75, 3.05) is 11.9 Å². The second-order valence-corrected chi connectivity index (χ2v) is 10.1. The number of hydrogen-bond donors (Lipinski definition) is 1. The molecule has 3 aromatic carbocycles. The van der Waals surface area contributed by atoms with Crippen LogP contribution in [0.5, 0.6) is 5.75 Å². The van der Waals surface area contributed by atoms with Crippen LogP contribution < -0.4 is 10.1 Å². The highest BCUT2D eigenvalue weighted by Crippen LogP contribution is 2.49. The van der Waals surface area contributed by atoms with Crippen LogP contribution in [0.1, 0.15) is 49.8 Å². The highest BCUT2D eigenvalue weighted by molar-refractivity contribution is 14.1. The molecule has 0 fully saturated rings. The molecule has 0 spiro atoms. The predicted molar refractivity (Wildman–Crippen MR) is 139 cm³/mol. The molecule has 2 aliphatic rings. The van der Waals surface area contributed by atoms with E-state index in [0.29, 0.717) is 13.0 Å². The van der Waals surface area contributed by atoms with Gasteiger partial charge in [-0.3, -0.25) is 4.79 Å². The standard InChI is InChI=1S/C26H23BrINO2/c1-2-12-31-23-13-19(20(27)14-21(23)28)26-24-17(8-5-9-22(24)30)18-11-10-15-6-3-4-7-16(15)25(18)29-26/h3-4,6-7,10-11,13-14,26,29H,2,5,8-9,12H2,1H3. The highest BCUT2D eigenvalue weighted by atomic mass is 127. The van der Waals surface area contributed by atoms with Gasteiger partial charge in [-0.25, -0.2) is 0 Å². The summed E-state index contributed by atoms with van der Waals surface area (Å²) < 4.78 is 8.07. The molecule has 3 aromatic rings. The van der Waals surface area contributed by atoms with Crippen molar-refractivity contribution >= 4 is 66.3 Å². The molecule has 31 heavy (non-hydrogen) atoms. The molecule has 3 nitrogen and oxygen atoms in total. The lowest BCUT2D eigenvalue weighted by molar-refractivity contribution is -0.116. The van der Waals surface area contributed by atoms with E-state index in [2.05, 4.69) is 99.3 Å². The summed E-state index contributed by atoms with van der Waals surface area (Å²) in [5.41, 5.74) is 5.45. The molecule has 5 rings (SSSR count). The van der Waals surface area contributed by atoms with Crippen LogP contribution in [0.15, 0.2) is 58.6 Å². The van der Waals surface area contributed by atoms with Crippen LogP contribution in [0.4, 0.5) is 5.69 Å². The minimum absolute atomic E-state index is 0.198. The number of allylic oxidation sites excluding steroid dienone is 1. The van der Waals surface area contributed by atoms with Gasteiger partial charge in [-0.05, 0) is 70.5 Å². The number of carbonyl (C=O) groups excluding carboxylic acids is 1. The van der Waals surface area contributed by atoms with Gasteiger partial charge < -0.3 is 10.1 Å². The van der Waals surface area contributed by atoms with Gasteiger partial charge in [-0.2, -0.15) is 0 Å². The Bertz CT molecular complexity index is 1230. The molecule has 1 N–H and O–H groups in total. The Labute approximate surface area is 204 Å². The lowest BCUT2D eigenvalue weighted by Gasteiger charge is -2.35. The Morgan fingerprint density at radius 1 is 1.16 bits per heavy atom. The Balaban J connectivity index is 1.72. The summed E-state index contributed by atoms with van der Waals surface area (Å²) in [7, 11) is 0. The van der Waals surface area contributed by atoms with Crippen LogP contribution in [0.3, 0.4) is 0 Å². The van der Waals surface area contributed by atoms with Crippen molar-refractivity contribution in [3.05, 3.63) is 73.3 Å². The first-order valence-electron chi connectivity index (χ1n) is 10.7. The summed E-state index contributed by atoms with van der Waals surface area (Å²) in [6, 6.07) is 16.8. The number of hydrogen-bond acceptors (Lipinski definition) is 3. The summed E-state index contributed by atoms with van der Waals surface area (Å²) in [6.45, 7) is 2.78. The van der Waals surface area contributed by atoms with E-state index < -0.39 is 0 Å². The van der Waals surface area contributed by atoms with Crippen molar-refractivity contribution in [3.63, 3.8) is 0 Å². The number of ether oxygens (including phenoxy) is 1. The van der Waals surface area contributed by atoms with E-state index in [0.717, 1.165) is 49.9 Å². The van der Waals surface area contributed by atoms with Crippen molar-refractivity contribution in [2.45, 2.75) is 38.6 Å². The molecule has 0 radical (unpaired) electrons. The van der Waals surface area contributed by atoms with Crippen LogP contribution in [-0.2, 0) is 4.79 Å². The molecule has 1 aliphatic heterocycles. The number of carbonyl (C=O) groups is 1. The van der Waals surface area contributed by atoms with Gasteiger partial charge in [-0.15, -0.1) is 0 Å². The maximum atomic E-state index is 13.2. The van der Waals surface area contributed by atoms with Crippen LogP contribution in [0, 0.1) is 3.57 Å². The normalized spacial score (nSPS) is 17.9. The third kappa shape index (κ3) is 3.69. The third-order valence-corrected chi connectivity index (χ3v) is 7.64. The van der Waals surface area contributed by atoms with E-state index in [1.54, 1.807) is 0 Å². The van der Waals surface area contributed by atoms with Crippen LogP contribution in [0.25, 0.3) is 16.3 Å². The van der Waals surface area contributed by atoms with Crippen LogP contribution in [-0.4, -0.2) is 12.4 Å². The van der Waals surface area contributed by atoms with E-state index in [-0.39, 0.29) is 11.8 Å². The average molecular weight is 588 g/mol. The second kappa shape index (κ2) is 8.58. The smallest absolute Gasteiger partial charge is 0.161 e. The molecular weight excluding hydrogens is 565 g/mol. The van der Waals surface area contributed by atoms with Gasteiger partial charge in [0.1, 0.15) is 5.75 Å². The Morgan fingerprint density at radius 3 is 2.84 bits per heavy atom. The molecule has 0 saturated carbocycles. The Kier molecular flexibility index (Phi) is 5.82. The predicted octanol–water partition coefficient (Wildman–Crippen LogP) is 7.67. The number of ketones is 1. The van der Waals surface area contributed by atoms with E-state index in [9.17, 15) is 4.79 Å². The first-order valence-corrected chi connectivity index (χ1v) is 12.6. The van der Waals surface area contributed by atoms with Gasteiger partial charge in [0.05, 0.1) is 21.9 Å². The number of halogens is 2. The molecule has 1 heterocycles. The average Bonchev–Trinajstić information content (AvgIpc) is 2.78. The minimum Gasteiger partial charge on any atom is -0.492 e. The van der Waals surface area contributed by atoms with Crippen molar-refractivity contribution in [1.29, 1.82) is 0 Å². The molecule has 0 saturated heterocycles. The molecule has 5 heteroatoms. The molecule has 0 amide bonds. The summed E-state index contributed by atoms with van der Waals surface area (Å²) >= 11 is 6.09. The van der Waals surface area contributed by atoms with Crippen molar-refractivity contribution in [2.24, 2.45) is 0 Å². The topological polar surface area (TPSA) is 38.3 Å². The van der Waals surface area contributed by atoms with E-state index >= 15 is 0 Å². The fraction of sp³-hybridized carbons (Fsp3) is 0.269. The lowest BCUT2D eigenvalue weighted by atomic mass is 9.77. The van der Waals surface area contributed by atoms with Gasteiger partial charge >= 0.3 is 0 Å². The summed E-state index contributed by atoms with van der Waals surface area (Å²) in [4.78, 5) is 13.2. The number of Topliss-reactive ketones (excluding diaryl/α,β-unsaturated/α-hetero) is 1. The van der Waals surface area contributed by atoms with Crippen molar-refractivity contribution in [3.8, 4) is 5.75 Å². The highest BCUT2D eigenvalue weighted by Gasteiger charge is 2.35. The van der Waals surface area contributed by atoms with Gasteiger partial charge in [0.2, 0.25) is 0 Å². The van der Waals surface area contributed by atoms with E-state index in [1.807, 2.05) is 0 Å². The molecular formula is C26H23BrINO2. The summed E-state index contributed by atoms with van der Waals surface area (Å²) in [5, 5.41) is 6.16. The number of benzene rings is 3. The van der Waals surface area contributed by atoms with Gasteiger partial charge in [-0.1, -0.05) is 59.3 Å². The second-order valence-electron chi connectivity index (χ2n) is 8.11. The van der Waals surface area contributed by atoms with Crippen molar-refractivity contribution in [1.82, 2.24) is 0 Å². The van der Waals surface area contributed by atoms with Crippen LogP contribution >= 0.6 is 38.5 Å². The number of rotatable bonds is 4. The molecule has 158 valence electrons. The zero-order valence-corrected chi connectivity index (χ0v) is 21.0. The van der Waals surface area contributed by atoms with E-state index in [1.165, 1.54) is 21.9 Å². The SMILES string of the molecule is CCCOc1cc(C2Nc3c(ccc4ccccc34)C3=C2C(=O)CCC3)c(Br)cc1I. The zero-order valence-electron chi connectivity index (χ0n) is 17.3. The maximum absolute atomic E-state index is 13.2. The van der Waals surface area contributed by atoms with Crippen LogP contribution in [0.2, 0.25) is 0 Å². The van der Waals surface area contributed by atoms with Crippen molar-refractivity contribution < 1.29 is 9.53 Å². The molecule has 1 unspecified atom stereocenters. The maximum Gasteiger partial charge on any atom is 0.161 e. The fourth-order valence-electron chi connectivity index (χ4n) is 4.70. The Morgan fingerprint density at radius 2 is 2.00 bits per heavy atom. The van der Waals surface area contributed by atoms with Gasteiger partial charge in [0.15, 0.2) is 5.78 Å². The van der Waals surface area contributed by atoms with E-state index in [4.69, 9.17) is 4.74 Å². The molecule has 0 aromatic heterocycles. The summed E-state index contributed by atoms with van der Waals surface area (Å²) in [5.74, 6) is 1.12. The summed E-state index contributed by atoms with van der Waals surface area (Å²) in [6.07, 6.45) is 3.42. The first-order chi connectivity index (χ1) is 15.1. The molecule has 1 aliphatic carbocycles. The largest absolute Gasteiger partial charge is 0.492 e. The molecule has 1 atom stereocenters. The lowest BCUT2D eigenvalue weighted by Crippen LogP contribution is -2.27. The number of nitrogens with one attached hydrogen (secondary N) is 1. The van der Waals surface area contributed by atoms with Gasteiger partial charge in [0, 0.05) is 27.4 Å². The number of anilines is 1. The number of fused-ring (bicyclic) bond motifs is 4.